The Morgan fingerprint density at radius 1 is 0.897 bits per heavy atom. The predicted molar refractivity (Wildman–Crippen MR) is 112 cm³/mol. The van der Waals surface area contributed by atoms with Gasteiger partial charge in [-0.3, -0.25) is 14.4 Å². The summed E-state index contributed by atoms with van der Waals surface area (Å²) in [4.78, 5) is 37.5. The lowest BCUT2D eigenvalue weighted by molar-refractivity contribution is -0.150. The second-order valence-electron chi connectivity index (χ2n) is 7.66. The monoisotopic (exact) mass is 405 g/mol. The Balaban J connectivity index is 3.04. The Bertz CT molecular complexity index is 644. The van der Waals surface area contributed by atoms with Crippen molar-refractivity contribution in [3.63, 3.8) is 0 Å². The fourth-order valence-corrected chi connectivity index (χ4v) is 3.45. The van der Waals surface area contributed by atoms with Crippen LogP contribution in [-0.2, 0) is 23.9 Å². The van der Waals surface area contributed by atoms with Crippen LogP contribution >= 0.6 is 0 Å². The van der Waals surface area contributed by atoms with Crippen molar-refractivity contribution in [2.24, 2.45) is 17.8 Å². The van der Waals surface area contributed by atoms with E-state index in [1.54, 1.807) is 13.8 Å². The van der Waals surface area contributed by atoms with Crippen LogP contribution in [-0.4, -0.2) is 31.1 Å². The molecule has 6 nitrogen and oxygen atoms in total. The minimum absolute atomic E-state index is 0.0576. The van der Waals surface area contributed by atoms with E-state index in [9.17, 15) is 14.4 Å². The Morgan fingerprint density at radius 2 is 1.45 bits per heavy atom. The lowest BCUT2D eigenvalue weighted by Gasteiger charge is -2.28. The van der Waals surface area contributed by atoms with E-state index in [1.807, 2.05) is 51.1 Å². The molecule has 0 heterocycles. The molecule has 0 aromatic heterocycles. The molecule has 1 amide bonds. The molecule has 1 aromatic carbocycles. The van der Waals surface area contributed by atoms with Crippen molar-refractivity contribution in [3.05, 3.63) is 35.9 Å². The van der Waals surface area contributed by atoms with E-state index in [4.69, 9.17) is 9.47 Å². The first-order chi connectivity index (χ1) is 13.8. The summed E-state index contributed by atoms with van der Waals surface area (Å²) in [6.45, 7) is 9.98. The van der Waals surface area contributed by atoms with Crippen molar-refractivity contribution in [1.29, 1.82) is 0 Å². The lowest BCUT2D eigenvalue weighted by Crippen LogP contribution is -2.39. The first-order valence-corrected chi connectivity index (χ1v) is 10.4. The van der Waals surface area contributed by atoms with Crippen LogP contribution in [0.3, 0.4) is 0 Å². The van der Waals surface area contributed by atoms with Gasteiger partial charge in [-0.1, -0.05) is 44.2 Å². The van der Waals surface area contributed by atoms with Crippen LogP contribution < -0.4 is 5.32 Å². The van der Waals surface area contributed by atoms with E-state index in [1.165, 1.54) is 0 Å². The summed E-state index contributed by atoms with van der Waals surface area (Å²) < 4.78 is 10.2. The Labute approximate surface area is 174 Å². The summed E-state index contributed by atoms with van der Waals surface area (Å²) in [6, 6.07) is 9.41. The van der Waals surface area contributed by atoms with Gasteiger partial charge >= 0.3 is 11.9 Å². The summed E-state index contributed by atoms with van der Waals surface area (Å²) >= 11 is 0. The molecule has 0 aliphatic carbocycles. The van der Waals surface area contributed by atoms with Gasteiger partial charge in [-0.15, -0.1) is 0 Å². The molecule has 0 saturated heterocycles. The van der Waals surface area contributed by atoms with Crippen LogP contribution in [0.25, 0.3) is 0 Å². The van der Waals surface area contributed by atoms with Gasteiger partial charge in [0.05, 0.1) is 31.6 Å². The van der Waals surface area contributed by atoms with Gasteiger partial charge < -0.3 is 14.8 Å². The molecule has 0 saturated carbocycles. The number of amides is 1. The molecule has 162 valence electrons. The molecular formula is C23H35NO5. The first kappa shape index (κ1) is 24.7. The van der Waals surface area contributed by atoms with Crippen molar-refractivity contribution in [2.75, 3.05) is 13.2 Å². The second-order valence-corrected chi connectivity index (χ2v) is 7.66. The van der Waals surface area contributed by atoms with Crippen LogP contribution in [0.4, 0.5) is 0 Å². The van der Waals surface area contributed by atoms with E-state index in [-0.39, 0.29) is 55.8 Å². The zero-order valence-electron chi connectivity index (χ0n) is 18.3. The second kappa shape index (κ2) is 13.0. The van der Waals surface area contributed by atoms with Gasteiger partial charge in [0.25, 0.3) is 0 Å². The molecule has 0 radical (unpaired) electrons. The number of benzene rings is 1. The van der Waals surface area contributed by atoms with Gasteiger partial charge in [0, 0.05) is 6.42 Å². The zero-order valence-corrected chi connectivity index (χ0v) is 18.3. The number of nitrogens with one attached hydrogen (secondary N) is 1. The summed E-state index contributed by atoms with van der Waals surface area (Å²) in [6.07, 6.45) is 0.678. The van der Waals surface area contributed by atoms with Crippen LogP contribution in [0.1, 0.15) is 65.5 Å². The summed E-state index contributed by atoms with van der Waals surface area (Å²) in [5.41, 5.74) is 0.974. The van der Waals surface area contributed by atoms with Gasteiger partial charge in [-0.05, 0) is 44.6 Å². The minimum atomic E-state index is -0.660. The highest BCUT2D eigenvalue weighted by Crippen LogP contribution is 2.29. The van der Waals surface area contributed by atoms with E-state index < -0.39 is 11.9 Å². The molecule has 1 aromatic rings. The normalized spacial score (nSPS) is 14.0. The van der Waals surface area contributed by atoms with Crippen molar-refractivity contribution in [1.82, 2.24) is 5.32 Å². The van der Waals surface area contributed by atoms with Gasteiger partial charge in [0.15, 0.2) is 0 Å². The van der Waals surface area contributed by atoms with Crippen molar-refractivity contribution < 1.29 is 23.9 Å². The lowest BCUT2D eigenvalue weighted by atomic mass is 9.80. The number of carbonyl (C=O) groups is 3. The highest BCUT2D eigenvalue weighted by atomic mass is 16.5. The molecule has 2 unspecified atom stereocenters. The fraction of sp³-hybridized carbons (Fsp3) is 0.609. The molecule has 3 atom stereocenters. The minimum Gasteiger partial charge on any atom is -0.466 e. The maximum Gasteiger partial charge on any atom is 0.306 e. The summed E-state index contributed by atoms with van der Waals surface area (Å²) in [5.74, 6) is -1.73. The standard InChI is InChI=1S/C23H35NO5/c1-6-28-21(25)14-19(13-16(3)4)20(15-22(26)29-7-2)23(27)24-17(5)18-11-9-8-10-12-18/h8-12,16-17,19-20H,6-7,13-15H2,1-5H3,(H,24,27)/t17-,19?,20?/m0/s1. The van der Waals surface area contributed by atoms with Crippen LogP contribution in [0.15, 0.2) is 30.3 Å². The quantitative estimate of drug-likeness (QED) is 0.531. The fourth-order valence-electron chi connectivity index (χ4n) is 3.45. The number of carbonyl (C=O) groups excluding carboxylic acids is 3. The third-order valence-electron chi connectivity index (χ3n) is 4.76. The van der Waals surface area contributed by atoms with Crippen molar-refractivity contribution in [2.45, 2.75) is 59.9 Å². The maximum atomic E-state index is 13.2. The summed E-state index contributed by atoms with van der Waals surface area (Å²) in [5, 5.41) is 3.00. The zero-order chi connectivity index (χ0) is 21.8. The first-order valence-electron chi connectivity index (χ1n) is 10.4. The Hall–Kier alpha value is -2.37. The maximum absolute atomic E-state index is 13.2. The predicted octanol–water partition coefficient (Wildman–Crippen LogP) is 4.05. The SMILES string of the molecule is CCOC(=O)CC(CC(C)C)C(CC(=O)OCC)C(=O)N[C@@H](C)c1ccccc1. The van der Waals surface area contributed by atoms with Crippen LogP contribution in [0.2, 0.25) is 0 Å². The molecule has 29 heavy (non-hydrogen) atoms. The average Bonchev–Trinajstić information content (AvgIpc) is 2.66. The van der Waals surface area contributed by atoms with Gasteiger partial charge in [-0.25, -0.2) is 0 Å². The molecule has 1 rings (SSSR count). The smallest absolute Gasteiger partial charge is 0.306 e. The molecule has 6 heteroatoms. The Kier molecular flexibility index (Phi) is 11.0. The molecule has 0 aliphatic rings. The number of esters is 2. The molecule has 0 fully saturated rings. The number of rotatable bonds is 12. The van der Waals surface area contributed by atoms with E-state index in [0.29, 0.717) is 6.42 Å². The molecular weight excluding hydrogens is 370 g/mol. The van der Waals surface area contributed by atoms with Gasteiger partial charge in [-0.2, -0.15) is 0 Å². The highest BCUT2D eigenvalue weighted by Gasteiger charge is 2.34. The third-order valence-corrected chi connectivity index (χ3v) is 4.76. The van der Waals surface area contributed by atoms with Gasteiger partial charge in [0.2, 0.25) is 5.91 Å². The van der Waals surface area contributed by atoms with Gasteiger partial charge in [0.1, 0.15) is 0 Å². The summed E-state index contributed by atoms with van der Waals surface area (Å²) in [7, 11) is 0. The molecule has 0 spiro atoms. The van der Waals surface area contributed by atoms with Crippen LogP contribution in [0, 0.1) is 17.8 Å². The van der Waals surface area contributed by atoms with Crippen molar-refractivity contribution >= 4 is 17.8 Å². The van der Waals surface area contributed by atoms with E-state index in [2.05, 4.69) is 5.32 Å². The largest absolute Gasteiger partial charge is 0.466 e. The number of hydrogen-bond donors (Lipinski definition) is 1. The van der Waals surface area contributed by atoms with E-state index in [0.717, 1.165) is 5.56 Å². The molecule has 0 bridgehead atoms. The topological polar surface area (TPSA) is 81.7 Å². The van der Waals surface area contributed by atoms with E-state index >= 15 is 0 Å². The van der Waals surface area contributed by atoms with Crippen molar-refractivity contribution in [3.8, 4) is 0 Å². The van der Waals surface area contributed by atoms with Crippen LogP contribution in [0.5, 0.6) is 0 Å². The third kappa shape index (κ3) is 9.11. The Morgan fingerprint density at radius 3 is 1.97 bits per heavy atom. The number of ether oxygens (including phenoxy) is 2. The molecule has 0 aliphatic heterocycles. The highest BCUT2D eigenvalue weighted by molar-refractivity contribution is 5.85. The molecule has 1 N–H and O–H groups in total. The average molecular weight is 406 g/mol. The number of hydrogen-bond acceptors (Lipinski definition) is 5.